The third-order valence-electron chi connectivity index (χ3n) is 5.60. The van der Waals surface area contributed by atoms with E-state index in [-0.39, 0.29) is 11.7 Å². The number of fused-ring (bicyclic) bond motifs is 1. The van der Waals surface area contributed by atoms with Crippen LogP contribution >= 0.6 is 15.9 Å². The molecule has 0 bridgehead atoms. The molecule has 2 saturated heterocycles. The van der Waals surface area contributed by atoms with Crippen LogP contribution in [0.3, 0.4) is 0 Å². The fourth-order valence-electron chi connectivity index (χ4n) is 4.17. The number of nitrogens with zero attached hydrogens (tertiary/aromatic N) is 3. The average Bonchev–Trinajstić information content (AvgIpc) is 3.05. The Morgan fingerprint density at radius 1 is 1.19 bits per heavy atom. The fourth-order valence-corrected chi connectivity index (χ4v) is 4.60. The molecular weight excluding hydrogens is 399 g/mol. The van der Waals surface area contributed by atoms with Crippen LogP contribution in [-0.4, -0.2) is 77.9 Å². The van der Waals surface area contributed by atoms with Gasteiger partial charge in [-0.15, -0.1) is 0 Å². The number of likely N-dealkylation sites (tertiary alicyclic amines) is 1. The normalized spacial score (nSPS) is 22.9. The molecule has 5 nitrogen and oxygen atoms in total. The Morgan fingerprint density at radius 3 is 2.69 bits per heavy atom. The molecule has 140 valence electrons. The number of H-pyrrole nitrogens is 1. The van der Waals surface area contributed by atoms with Gasteiger partial charge in [0.1, 0.15) is 11.5 Å². The minimum Gasteiger partial charge on any atom is -0.350 e. The van der Waals surface area contributed by atoms with Gasteiger partial charge in [-0.1, -0.05) is 15.9 Å². The molecule has 26 heavy (non-hydrogen) atoms. The molecule has 1 N–H and O–H groups in total. The Labute approximate surface area is 161 Å². The van der Waals surface area contributed by atoms with E-state index in [9.17, 15) is 9.18 Å². The summed E-state index contributed by atoms with van der Waals surface area (Å²) in [6.07, 6.45) is 2.49. The van der Waals surface area contributed by atoms with Gasteiger partial charge in [0.05, 0.1) is 5.52 Å². The van der Waals surface area contributed by atoms with Crippen LogP contribution < -0.4 is 0 Å². The number of nitrogens with one attached hydrogen (secondary N) is 1. The van der Waals surface area contributed by atoms with Crippen molar-refractivity contribution in [3.8, 4) is 0 Å². The summed E-state index contributed by atoms with van der Waals surface area (Å²) in [7, 11) is 2.18. The van der Waals surface area contributed by atoms with Crippen molar-refractivity contribution in [2.45, 2.75) is 18.9 Å². The number of piperazine rings is 1. The van der Waals surface area contributed by atoms with Crippen LogP contribution in [0.15, 0.2) is 22.7 Å². The van der Waals surface area contributed by atoms with Gasteiger partial charge in [-0.25, -0.2) is 4.39 Å². The average molecular weight is 423 g/mol. The van der Waals surface area contributed by atoms with Gasteiger partial charge >= 0.3 is 0 Å². The van der Waals surface area contributed by atoms with Crippen LogP contribution in [0.25, 0.3) is 10.9 Å². The van der Waals surface area contributed by atoms with E-state index in [0.29, 0.717) is 27.1 Å². The lowest BCUT2D eigenvalue weighted by atomic mass is 10.0. The molecular formula is C19H24BrFN4O. The number of amides is 1. The van der Waals surface area contributed by atoms with Crippen molar-refractivity contribution in [1.82, 2.24) is 19.7 Å². The SMILES string of the molecule is CN1CCCC(N2CCN(C(=O)c3cc4c(F)cc(Br)cc4[nH]3)CC2)C1. The Kier molecular flexibility index (Phi) is 5.03. The maximum absolute atomic E-state index is 14.1. The van der Waals surface area contributed by atoms with Crippen LogP contribution in [-0.2, 0) is 0 Å². The van der Waals surface area contributed by atoms with E-state index in [1.807, 2.05) is 4.90 Å². The minimum absolute atomic E-state index is 0.0443. The van der Waals surface area contributed by atoms with Crippen LogP contribution in [0.1, 0.15) is 23.3 Å². The summed E-state index contributed by atoms with van der Waals surface area (Å²) in [6.45, 7) is 5.56. The third-order valence-corrected chi connectivity index (χ3v) is 6.06. The van der Waals surface area contributed by atoms with E-state index in [2.05, 4.69) is 37.8 Å². The number of aromatic nitrogens is 1. The maximum Gasteiger partial charge on any atom is 0.270 e. The summed E-state index contributed by atoms with van der Waals surface area (Å²) in [6, 6.07) is 5.45. The summed E-state index contributed by atoms with van der Waals surface area (Å²) in [5.41, 5.74) is 1.10. The van der Waals surface area contributed by atoms with E-state index in [4.69, 9.17) is 0 Å². The second kappa shape index (κ2) is 7.29. The van der Waals surface area contributed by atoms with Crippen molar-refractivity contribution in [2.75, 3.05) is 46.3 Å². The number of hydrogen-bond donors (Lipinski definition) is 1. The Balaban J connectivity index is 1.43. The molecule has 1 aromatic heterocycles. The molecule has 2 aromatic rings. The van der Waals surface area contributed by atoms with Crippen molar-refractivity contribution in [3.05, 3.63) is 34.2 Å². The standard InChI is InChI=1S/C19H24BrFN4O/c1-23-4-2-3-14(12-23)24-5-7-25(8-6-24)19(26)18-11-15-16(21)9-13(20)10-17(15)22-18/h9-11,14,22H,2-8,12H2,1H3. The number of piperidine rings is 1. The fraction of sp³-hybridized carbons (Fsp3) is 0.526. The lowest BCUT2D eigenvalue weighted by molar-refractivity contribution is 0.0449. The van der Waals surface area contributed by atoms with Gasteiger partial charge in [0, 0.05) is 48.6 Å². The molecule has 0 spiro atoms. The summed E-state index contributed by atoms with van der Waals surface area (Å²) in [4.78, 5) is 22.7. The zero-order valence-corrected chi connectivity index (χ0v) is 16.6. The van der Waals surface area contributed by atoms with Crippen molar-refractivity contribution in [2.24, 2.45) is 0 Å². The first-order valence-electron chi connectivity index (χ1n) is 9.21. The summed E-state index contributed by atoms with van der Waals surface area (Å²) in [5, 5.41) is 0.459. The highest BCUT2D eigenvalue weighted by molar-refractivity contribution is 9.10. The van der Waals surface area contributed by atoms with Gasteiger partial charge in [-0.2, -0.15) is 0 Å². The van der Waals surface area contributed by atoms with Gasteiger partial charge in [-0.05, 0) is 44.6 Å². The first-order chi connectivity index (χ1) is 12.5. The molecule has 0 saturated carbocycles. The number of hydrogen-bond acceptors (Lipinski definition) is 3. The number of carbonyl (C=O) groups is 1. The largest absolute Gasteiger partial charge is 0.350 e. The second-order valence-electron chi connectivity index (χ2n) is 7.42. The van der Waals surface area contributed by atoms with E-state index < -0.39 is 0 Å². The Hall–Kier alpha value is -1.44. The van der Waals surface area contributed by atoms with Gasteiger partial charge in [0.2, 0.25) is 0 Å². The molecule has 4 rings (SSSR count). The molecule has 0 aliphatic carbocycles. The van der Waals surface area contributed by atoms with Crippen LogP contribution in [0.5, 0.6) is 0 Å². The molecule has 2 aliphatic heterocycles. The molecule has 1 aromatic carbocycles. The Bertz CT molecular complexity index is 815. The van der Waals surface area contributed by atoms with Crippen molar-refractivity contribution in [1.29, 1.82) is 0 Å². The van der Waals surface area contributed by atoms with Crippen LogP contribution in [0.2, 0.25) is 0 Å². The molecule has 2 aliphatic rings. The molecule has 0 radical (unpaired) electrons. The number of benzene rings is 1. The van der Waals surface area contributed by atoms with E-state index in [1.54, 1.807) is 12.1 Å². The number of likely N-dealkylation sites (N-methyl/N-ethyl adjacent to an activating group) is 1. The molecule has 1 unspecified atom stereocenters. The summed E-state index contributed by atoms with van der Waals surface area (Å²) >= 11 is 3.29. The molecule has 7 heteroatoms. The molecule has 1 atom stereocenters. The second-order valence-corrected chi connectivity index (χ2v) is 8.33. The maximum atomic E-state index is 14.1. The summed E-state index contributed by atoms with van der Waals surface area (Å²) < 4.78 is 14.7. The first-order valence-corrected chi connectivity index (χ1v) is 10.0. The van der Waals surface area contributed by atoms with Gasteiger partial charge < -0.3 is 14.8 Å². The summed E-state index contributed by atoms with van der Waals surface area (Å²) in [5.74, 6) is -0.368. The van der Waals surface area contributed by atoms with Crippen molar-refractivity contribution in [3.63, 3.8) is 0 Å². The molecule has 1 amide bonds. The zero-order valence-electron chi connectivity index (χ0n) is 15.0. The number of carbonyl (C=O) groups excluding carboxylic acids is 1. The highest BCUT2D eigenvalue weighted by atomic mass is 79.9. The molecule has 2 fully saturated rings. The first kappa shape index (κ1) is 17.9. The highest BCUT2D eigenvalue weighted by Crippen LogP contribution is 2.25. The number of aromatic amines is 1. The minimum atomic E-state index is -0.323. The van der Waals surface area contributed by atoms with Crippen LogP contribution in [0, 0.1) is 5.82 Å². The zero-order chi connectivity index (χ0) is 18.3. The predicted octanol–water partition coefficient (Wildman–Crippen LogP) is 2.92. The predicted molar refractivity (Wildman–Crippen MR) is 104 cm³/mol. The lowest BCUT2D eigenvalue weighted by Crippen LogP contribution is -2.55. The Morgan fingerprint density at radius 2 is 1.96 bits per heavy atom. The van der Waals surface area contributed by atoms with Crippen molar-refractivity contribution < 1.29 is 9.18 Å². The van der Waals surface area contributed by atoms with E-state index in [0.717, 1.165) is 32.7 Å². The monoisotopic (exact) mass is 422 g/mol. The lowest BCUT2D eigenvalue weighted by Gasteiger charge is -2.42. The van der Waals surface area contributed by atoms with Crippen LogP contribution in [0.4, 0.5) is 4.39 Å². The highest BCUT2D eigenvalue weighted by Gasteiger charge is 2.29. The van der Waals surface area contributed by atoms with Crippen molar-refractivity contribution >= 4 is 32.7 Å². The van der Waals surface area contributed by atoms with E-state index in [1.165, 1.54) is 25.5 Å². The smallest absolute Gasteiger partial charge is 0.270 e. The van der Waals surface area contributed by atoms with Gasteiger partial charge in [0.25, 0.3) is 5.91 Å². The quantitative estimate of drug-likeness (QED) is 0.808. The van der Waals surface area contributed by atoms with Gasteiger partial charge in [0.15, 0.2) is 0 Å². The third kappa shape index (κ3) is 3.52. The number of rotatable bonds is 2. The number of halogens is 2. The van der Waals surface area contributed by atoms with Gasteiger partial charge in [-0.3, -0.25) is 9.69 Å². The van der Waals surface area contributed by atoms with E-state index >= 15 is 0 Å². The molecule has 3 heterocycles. The topological polar surface area (TPSA) is 42.6 Å².